The topological polar surface area (TPSA) is 17.8 Å². The fourth-order valence-electron chi connectivity index (χ4n) is 7.06. The minimum absolute atomic E-state index is 0.00672. The van der Waals surface area contributed by atoms with Gasteiger partial charge in [0.2, 0.25) is 0 Å². The van der Waals surface area contributed by atoms with Crippen LogP contribution in [0, 0.1) is 0 Å². The number of benzene rings is 8. The largest absolute Gasteiger partial charge is 0.292 e. The van der Waals surface area contributed by atoms with Crippen molar-refractivity contribution < 1.29 is 27.4 Å². The van der Waals surface area contributed by atoms with Gasteiger partial charge in [-0.05, 0) is 102 Å². The molecule has 2 nitrogen and oxygen atoms in total. The maximum Gasteiger partial charge on any atom is 0.145 e. The molecule has 2 heteroatoms. The van der Waals surface area contributed by atoms with Gasteiger partial charge >= 0.3 is 0 Å². The third kappa shape index (κ3) is 4.18. The molecule has 10 rings (SSSR count). The molecule has 0 fully saturated rings. The molecule has 236 valence electrons. The standard InChI is InChI=1S/C48H34N2/c1-48(2)41-24-11-10-19-35(41)36-28-27-32(30-42(36)48)46-39-22-8-6-20-37(39)45(38-21-7-9-23-40(38)46)31-15-14-16-33(29-31)47-49-43-25-12-13-26-44(43)50(47)34-17-4-3-5-18-34/h3-30H,1-2H3/i3D,4D,5D,6D,7D,8D,9D,10D,11D,17D,18D,19D,20D,21D,22D,23D,24D,27D,28D,30D. The number of aromatic nitrogens is 2. The van der Waals surface area contributed by atoms with Crippen LogP contribution < -0.4 is 0 Å². The number of nitrogens with zero attached hydrogens (tertiary/aromatic N) is 2. The second-order valence-electron chi connectivity index (χ2n) is 12.4. The maximum atomic E-state index is 9.95. The molecule has 9 aromatic rings. The van der Waals surface area contributed by atoms with E-state index in [0.29, 0.717) is 11.0 Å². The molecule has 0 saturated carbocycles. The number of hydrogen-bond acceptors (Lipinski definition) is 1. The maximum absolute atomic E-state index is 9.95. The van der Waals surface area contributed by atoms with Crippen LogP contribution in [0.4, 0.5) is 0 Å². The molecule has 0 saturated heterocycles. The van der Waals surface area contributed by atoms with Gasteiger partial charge in [-0.2, -0.15) is 0 Å². The molecule has 1 heterocycles. The molecule has 0 spiro atoms. The van der Waals surface area contributed by atoms with E-state index in [1.54, 1.807) is 56.3 Å². The Labute approximate surface area is 320 Å². The van der Waals surface area contributed by atoms with Gasteiger partial charge in [-0.15, -0.1) is 0 Å². The predicted molar refractivity (Wildman–Crippen MR) is 210 cm³/mol. The highest BCUT2D eigenvalue weighted by molar-refractivity contribution is 6.21. The molecule has 0 N–H and O–H groups in total. The first-order chi connectivity index (χ1) is 32.9. The first-order valence-electron chi connectivity index (χ1n) is 25.8. The van der Waals surface area contributed by atoms with E-state index in [1.807, 2.05) is 0 Å². The van der Waals surface area contributed by atoms with Gasteiger partial charge in [0.1, 0.15) is 5.82 Å². The summed E-state index contributed by atoms with van der Waals surface area (Å²) in [6, 6.07) is 0.589. The van der Waals surface area contributed by atoms with Crippen molar-refractivity contribution in [2.45, 2.75) is 19.3 Å². The first-order valence-corrected chi connectivity index (χ1v) is 15.8. The van der Waals surface area contributed by atoms with E-state index >= 15 is 0 Å². The van der Waals surface area contributed by atoms with Gasteiger partial charge in [-0.25, -0.2) is 4.98 Å². The molecule has 0 amide bonds. The van der Waals surface area contributed by atoms with Gasteiger partial charge in [0.15, 0.2) is 0 Å². The van der Waals surface area contributed by atoms with Crippen molar-refractivity contribution in [2.24, 2.45) is 0 Å². The zero-order valence-corrected chi connectivity index (χ0v) is 26.5. The lowest BCUT2D eigenvalue weighted by Gasteiger charge is -2.23. The van der Waals surface area contributed by atoms with E-state index in [0.717, 1.165) is 0 Å². The lowest BCUT2D eigenvalue weighted by atomic mass is 9.80. The Bertz CT molecular complexity index is 3820. The Hall–Kier alpha value is -6.25. The minimum Gasteiger partial charge on any atom is -0.292 e. The van der Waals surface area contributed by atoms with Gasteiger partial charge < -0.3 is 0 Å². The zero-order valence-electron chi connectivity index (χ0n) is 46.5. The number of fused-ring (bicyclic) bond motifs is 6. The molecule has 1 aliphatic rings. The summed E-state index contributed by atoms with van der Waals surface area (Å²) in [7, 11) is 0. The molecular weight excluding hydrogens is 605 g/mol. The second kappa shape index (κ2) is 10.9. The summed E-state index contributed by atoms with van der Waals surface area (Å²) in [5.41, 5.74) is -1.52. The summed E-state index contributed by atoms with van der Waals surface area (Å²) < 4.78 is 182. The van der Waals surface area contributed by atoms with Crippen LogP contribution in [-0.2, 0) is 5.41 Å². The van der Waals surface area contributed by atoms with Crippen molar-refractivity contribution >= 4 is 32.6 Å². The summed E-state index contributed by atoms with van der Waals surface area (Å²) in [5, 5.41) is -1.26. The lowest BCUT2D eigenvalue weighted by Crippen LogP contribution is -2.14. The van der Waals surface area contributed by atoms with Crippen LogP contribution in [0.15, 0.2) is 169 Å². The third-order valence-electron chi connectivity index (χ3n) is 9.31. The molecule has 0 aliphatic heterocycles. The fourth-order valence-corrected chi connectivity index (χ4v) is 7.06. The van der Waals surface area contributed by atoms with Crippen LogP contribution in [-0.4, -0.2) is 9.55 Å². The Balaban J connectivity index is 1.38. The molecular formula is C48H34N2. The van der Waals surface area contributed by atoms with Crippen molar-refractivity contribution in [3.8, 4) is 50.5 Å². The third-order valence-corrected chi connectivity index (χ3v) is 9.31. The molecule has 1 aliphatic carbocycles. The average molecular weight is 659 g/mol. The van der Waals surface area contributed by atoms with Gasteiger partial charge in [-0.3, -0.25) is 4.57 Å². The Morgan fingerprint density at radius 2 is 1.14 bits per heavy atom. The van der Waals surface area contributed by atoms with Crippen LogP contribution in [0.3, 0.4) is 0 Å². The summed E-state index contributed by atoms with van der Waals surface area (Å²) >= 11 is 0. The van der Waals surface area contributed by atoms with Crippen molar-refractivity contribution in [3.05, 3.63) is 181 Å². The van der Waals surface area contributed by atoms with Crippen LogP contribution >= 0.6 is 0 Å². The minimum atomic E-state index is -1.42. The molecule has 1 aromatic heterocycles. The quantitative estimate of drug-likeness (QED) is 0.172. The Morgan fingerprint density at radius 3 is 1.88 bits per heavy atom. The van der Waals surface area contributed by atoms with Crippen molar-refractivity contribution in [3.63, 3.8) is 0 Å². The molecule has 50 heavy (non-hydrogen) atoms. The second-order valence-corrected chi connectivity index (χ2v) is 12.4. The first kappa shape index (κ1) is 15.1. The van der Waals surface area contributed by atoms with Crippen LogP contribution in [0.1, 0.15) is 52.4 Å². The molecule has 0 atom stereocenters. The number of hydrogen-bond donors (Lipinski definition) is 0. The summed E-state index contributed by atoms with van der Waals surface area (Å²) in [4.78, 5) is 4.83. The number of imidazole rings is 1. The monoisotopic (exact) mass is 658 g/mol. The van der Waals surface area contributed by atoms with Gasteiger partial charge in [-0.1, -0.05) is 147 Å². The van der Waals surface area contributed by atoms with Crippen LogP contribution in [0.5, 0.6) is 0 Å². The molecule has 0 radical (unpaired) electrons. The van der Waals surface area contributed by atoms with E-state index < -0.39 is 132 Å². The van der Waals surface area contributed by atoms with E-state index in [4.69, 9.17) is 22.8 Å². The lowest BCUT2D eigenvalue weighted by molar-refractivity contribution is 0.660. The van der Waals surface area contributed by atoms with E-state index in [-0.39, 0.29) is 77.6 Å². The average Bonchev–Trinajstić information content (AvgIpc) is 3.84. The van der Waals surface area contributed by atoms with Gasteiger partial charge in [0.05, 0.1) is 38.4 Å². The van der Waals surface area contributed by atoms with Crippen LogP contribution in [0.25, 0.3) is 83.0 Å². The summed E-state index contributed by atoms with van der Waals surface area (Å²) in [6.45, 7) is 3.19. The van der Waals surface area contributed by atoms with Crippen molar-refractivity contribution in [2.75, 3.05) is 0 Å². The van der Waals surface area contributed by atoms with Gasteiger partial charge in [0.25, 0.3) is 0 Å². The highest BCUT2D eigenvalue weighted by Crippen LogP contribution is 2.51. The number of para-hydroxylation sites is 3. The molecule has 8 aromatic carbocycles. The SMILES string of the molecule is [2H]c1c([2H])c([2H])c(-n2c(-c3cccc(-c4c5c([2H])c([2H])c([2H])c([2H])c5c(-c5c([2H])c([2H])c6c(c5[2H])C(C)(C)c5c([2H])c([2H])c([2H])c([2H])c5-6)c5c([2H])c([2H])c([2H])c([2H])c45)c3)nc3ccccc32)c([2H])c1[2H]. The normalized spacial score (nSPS) is 18.8. The Morgan fingerprint density at radius 1 is 0.540 bits per heavy atom. The molecule has 0 unspecified atom stereocenters. The van der Waals surface area contributed by atoms with E-state index in [1.165, 1.54) is 10.6 Å². The van der Waals surface area contributed by atoms with Crippen molar-refractivity contribution in [1.82, 2.24) is 9.55 Å². The van der Waals surface area contributed by atoms with Crippen LogP contribution in [0.2, 0.25) is 0 Å². The number of rotatable bonds is 4. The Kier molecular flexibility index (Phi) is 3.29. The van der Waals surface area contributed by atoms with E-state index in [2.05, 4.69) is 0 Å². The van der Waals surface area contributed by atoms with Gasteiger partial charge in [0, 0.05) is 16.7 Å². The highest BCUT2D eigenvalue weighted by Gasteiger charge is 2.35. The smallest absolute Gasteiger partial charge is 0.145 e. The summed E-state index contributed by atoms with van der Waals surface area (Å²) in [5.74, 6) is 0.0831. The molecule has 0 bridgehead atoms. The zero-order chi connectivity index (χ0) is 50.8. The highest BCUT2D eigenvalue weighted by atomic mass is 15.1. The summed E-state index contributed by atoms with van der Waals surface area (Å²) in [6.07, 6.45) is 0. The van der Waals surface area contributed by atoms with Crippen molar-refractivity contribution in [1.29, 1.82) is 0 Å². The predicted octanol–water partition coefficient (Wildman–Crippen LogP) is 12.6. The van der Waals surface area contributed by atoms with E-state index in [9.17, 15) is 9.60 Å². The fraction of sp³-hybridized carbons (Fsp3) is 0.0625.